The van der Waals surface area contributed by atoms with E-state index in [2.05, 4.69) is 16.8 Å². The van der Waals surface area contributed by atoms with Gasteiger partial charge < -0.3 is 10.0 Å². The highest BCUT2D eigenvalue weighted by molar-refractivity contribution is 5.85. The molecule has 1 aromatic rings. The van der Waals surface area contributed by atoms with E-state index in [1.165, 1.54) is 6.07 Å². The van der Waals surface area contributed by atoms with Crippen molar-refractivity contribution in [3.8, 4) is 0 Å². The average Bonchev–Trinajstić information content (AvgIpc) is 2.25. The Morgan fingerprint density at radius 2 is 2.25 bits per heavy atom. The molecule has 0 aromatic carbocycles. The van der Waals surface area contributed by atoms with Crippen LogP contribution in [0, 0.1) is 0 Å². The van der Waals surface area contributed by atoms with Crippen molar-refractivity contribution in [2.75, 3.05) is 11.4 Å². The molecule has 0 saturated carbocycles. The molecule has 0 atom stereocenters. The van der Waals surface area contributed by atoms with E-state index in [1.807, 2.05) is 18.7 Å². The highest BCUT2D eigenvalue weighted by atomic mass is 16.4. The van der Waals surface area contributed by atoms with Crippen molar-refractivity contribution in [3.05, 3.63) is 30.5 Å². The maximum Gasteiger partial charge on any atom is 0.356 e. The largest absolute Gasteiger partial charge is 0.476 e. The number of hydrogen-bond donors (Lipinski definition) is 1. The number of carbonyl (C=O) groups is 1. The fourth-order valence-electron chi connectivity index (χ4n) is 1.30. The summed E-state index contributed by atoms with van der Waals surface area (Å²) in [5.74, 6) is -0.418. The quantitative estimate of drug-likeness (QED) is 0.764. The van der Waals surface area contributed by atoms with Crippen LogP contribution in [0.2, 0.25) is 0 Å². The molecule has 0 unspecified atom stereocenters. The maximum atomic E-state index is 10.6. The molecule has 0 saturated heterocycles. The summed E-state index contributed by atoms with van der Waals surface area (Å²) in [7, 11) is 0. The SMILES string of the molecule is C=CCN(c1ccc(C(=O)O)nn1)C(C)C. The molecule has 5 nitrogen and oxygen atoms in total. The second kappa shape index (κ2) is 5.25. The Balaban J connectivity index is 2.93. The van der Waals surface area contributed by atoms with Crippen molar-refractivity contribution < 1.29 is 9.90 Å². The normalized spacial score (nSPS) is 10.2. The van der Waals surface area contributed by atoms with Gasteiger partial charge in [-0.25, -0.2) is 4.79 Å². The standard InChI is InChI=1S/C11H15N3O2/c1-4-7-14(8(2)3)10-6-5-9(11(15)16)12-13-10/h4-6,8H,1,7H2,2-3H3,(H,15,16). The van der Waals surface area contributed by atoms with Gasteiger partial charge in [-0.2, -0.15) is 0 Å². The first-order valence-corrected chi connectivity index (χ1v) is 5.00. The minimum absolute atomic E-state index is 0.0499. The molecule has 1 N–H and O–H groups in total. The van der Waals surface area contributed by atoms with Crippen molar-refractivity contribution in [2.24, 2.45) is 0 Å². The number of rotatable bonds is 5. The van der Waals surface area contributed by atoms with Crippen LogP contribution < -0.4 is 4.90 Å². The van der Waals surface area contributed by atoms with E-state index in [9.17, 15) is 4.79 Å². The molecule has 86 valence electrons. The lowest BCUT2D eigenvalue weighted by Crippen LogP contribution is -2.31. The lowest BCUT2D eigenvalue weighted by Gasteiger charge is -2.25. The Labute approximate surface area is 94.4 Å². The molecule has 0 bridgehead atoms. The van der Waals surface area contributed by atoms with E-state index in [0.29, 0.717) is 12.4 Å². The summed E-state index contributed by atoms with van der Waals surface area (Å²) in [6.45, 7) is 8.37. The third-order valence-corrected chi connectivity index (χ3v) is 2.11. The summed E-state index contributed by atoms with van der Waals surface area (Å²) in [6.07, 6.45) is 1.77. The third kappa shape index (κ3) is 2.79. The molecule has 16 heavy (non-hydrogen) atoms. The summed E-state index contributed by atoms with van der Waals surface area (Å²) in [5, 5.41) is 16.2. The molecular formula is C11H15N3O2. The molecular weight excluding hydrogens is 206 g/mol. The molecule has 1 heterocycles. The molecule has 0 amide bonds. The number of aromatic carboxylic acids is 1. The van der Waals surface area contributed by atoms with Crippen molar-refractivity contribution in [2.45, 2.75) is 19.9 Å². The van der Waals surface area contributed by atoms with E-state index in [-0.39, 0.29) is 11.7 Å². The highest BCUT2D eigenvalue weighted by Crippen LogP contribution is 2.12. The summed E-state index contributed by atoms with van der Waals surface area (Å²) < 4.78 is 0. The molecule has 0 aliphatic rings. The molecule has 0 aliphatic heterocycles. The zero-order valence-electron chi connectivity index (χ0n) is 9.42. The maximum absolute atomic E-state index is 10.6. The van der Waals surface area contributed by atoms with Crippen LogP contribution in [-0.4, -0.2) is 33.9 Å². The molecule has 0 aliphatic carbocycles. The van der Waals surface area contributed by atoms with Gasteiger partial charge in [0, 0.05) is 12.6 Å². The van der Waals surface area contributed by atoms with Crippen molar-refractivity contribution in [1.82, 2.24) is 10.2 Å². The second-order valence-electron chi connectivity index (χ2n) is 3.62. The molecule has 1 rings (SSSR count). The Kier molecular flexibility index (Phi) is 3.99. The Morgan fingerprint density at radius 1 is 1.56 bits per heavy atom. The topological polar surface area (TPSA) is 66.3 Å². The van der Waals surface area contributed by atoms with Crippen molar-refractivity contribution in [1.29, 1.82) is 0 Å². The van der Waals surface area contributed by atoms with Crippen LogP contribution in [0.5, 0.6) is 0 Å². The van der Waals surface area contributed by atoms with Gasteiger partial charge in [-0.15, -0.1) is 16.8 Å². The van der Waals surface area contributed by atoms with Gasteiger partial charge in [0.15, 0.2) is 11.5 Å². The lowest BCUT2D eigenvalue weighted by molar-refractivity contribution is 0.0689. The highest BCUT2D eigenvalue weighted by Gasteiger charge is 2.12. The average molecular weight is 221 g/mol. The second-order valence-corrected chi connectivity index (χ2v) is 3.62. The van der Waals surface area contributed by atoms with Crippen LogP contribution in [0.3, 0.4) is 0 Å². The van der Waals surface area contributed by atoms with Crippen LogP contribution >= 0.6 is 0 Å². The molecule has 0 radical (unpaired) electrons. The third-order valence-electron chi connectivity index (χ3n) is 2.11. The lowest BCUT2D eigenvalue weighted by atomic mass is 10.3. The Bertz CT molecular complexity index is 373. The van der Waals surface area contributed by atoms with Gasteiger partial charge in [0.2, 0.25) is 0 Å². The van der Waals surface area contributed by atoms with Gasteiger partial charge in [-0.3, -0.25) is 0 Å². The van der Waals surface area contributed by atoms with Gasteiger partial charge in [0.1, 0.15) is 0 Å². The smallest absolute Gasteiger partial charge is 0.356 e. The summed E-state index contributed by atoms with van der Waals surface area (Å²) in [5.41, 5.74) is -0.0499. The minimum Gasteiger partial charge on any atom is -0.476 e. The summed E-state index contributed by atoms with van der Waals surface area (Å²) >= 11 is 0. The number of carboxylic acids is 1. The van der Waals surface area contributed by atoms with E-state index >= 15 is 0 Å². The Morgan fingerprint density at radius 3 is 2.62 bits per heavy atom. The van der Waals surface area contributed by atoms with Gasteiger partial charge >= 0.3 is 5.97 Å². The van der Waals surface area contributed by atoms with Gasteiger partial charge in [-0.1, -0.05) is 6.08 Å². The van der Waals surface area contributed by atoms with Gasteiger partial charge in [0.05, 0.1) is 0 Å². The predicted octanol–water partition coefficient (Wildman–Crippen LogP) is 1.58. The summed E-state index contributed by atoms with van der Waals surface area (Å²) in [6, 6.07) is 3.35. The number of aromatic nitrogens is 2. The monoisotopic (exact) mass is 221 g/mol. The van der Waals surface area contributed by atoms with Crippen LogP contribution in [-0.2, 0) is 0 Å². The first-order valence-electron chi connectivity index (χ1n) is 5.00. The number of anilines is 1. The number of carboxylic acid groups (broad SMARTS) is 1. The van der Waals surface area contributed by atoms with Crippen LogP contribution in [0.4, 0.5) is 5.82 Å². The van der Waals surface area contributed by atoms with E-state index in [0.717, 1.165) is 0 Å². The van der Waals surface area contributed by atoms with Crippen LogP contribution in [0.15, 0.2) is 24.8 Å². The summed E-state index contributed by atoms with van der Waals surface area (Å²) in [4.78, 5) is 12.6. The first kappa shape index (κ1) is 12.2. The molecule has 5 heteroatoms. The minimum atomic E-state index is -1.07. The van der Waals surface area contributed by atoms with Gasteiger partial charge in [0.25, 0.3) is 0 Å². The van der Waals surface area contributed by atoms with Crippen molar-refractivity contribution in [3.63, 3.8) is 0 Å². The number of nitrogens with zero attached hydrogens (tertiary/aromatic N) is 3. The van der Waals surface area contributed by atoms with E-state index in [4.69, 9.17) is 5.11 Å². The zero-order valence-corrected chi connectivity index (χ0v) is 9.42. The fraction of sp³-hybridized carbons (Fsp3) is 0.364. The first-order chi connectivity index (χ1) is 7.56. The molecule has 0 fully saturated rings. The zero-order chi connectivity index (χ0) is 12.1. The van der Waals surface area contributed by atoms with Crippen LogP contribution in [0.1, 0.15) is 24.3 Å². The van der Waals surface area contributed by atoms with Gasteiger partial charge in [-0.05, 0) is 26.0 Å². The van der Waals surface area contributed by atoms with Crippen molar-refractivity contribution >= 4 is 11.8 Å². The molecule has 0 spiro atoms. The van der Waals surface area contributed by atoms with E-state index < -0.39 is 5.97 Å². The fourth-order valence-corrected chi connectivity index (χ4v) is 1.30. The Hall–Kier alpha value is -1.91. The van der Waals surface area contributed by atoms with Crippen LogP contribution in [0.25, 0.3) is 0 Å². The number of hydrogen-bond acceptors (Lipinski definition) is 4. The molecule has 1 aromatic heterocycles. The van der Waals surface area contributed by atoms with E-state index in [1.54, 1.807) is 12.1 Å². The predicted molar refractivity (Wildman–Crippen MR) is 61.7 cm³/mol.